The van der Waals surface area contributed by atoms with E-state index in [1.807, 2.05) is 18.2 Å². The first-order valence-electron chi connectivity index (χ1n) is 8.66. The molecule has 140 valence electrons. The van der Waals surface area contributed by atoms with Crippen LogP contribution in [0.1, 0.15) is 12.2 Å². The van der Waals surface area contributed by atoms with Crippen LogP contribution in [0.2, 0.25) is 0 Å². The summed E-state index contributed by atoms with van der Waals surface area (Å²) in [7, 11) is 3.30. The highest BCUT2D eigenvalue weighted by Crippen LogP contribution is 2.30. The Bertz CT molecular complexity index is 826. The molecule has 0 saturated carbocycles. The molecule has 1 aliphatic heterocycles. The average Bonchev–Trinajstić information content (AvgIpc) is 2.73. The third kappa shape index (κ3) is 4.69. The molecular formula is C20H23N5O2. The van der Waals surface area contributed by atoms with Crippen LogP contribution in [0.4, 0.5) is 5.69 Å². The van der Waals surface area contributed by atoms with Gasteiger partial charge in [0.2, 0.25) is 0 Å². The van der Waals surface area contributed by atoms with Crippen molar-refractivity contribution in [3.05, 3.63) is 54.3 Å². The van der Waals surface area contributed by atoms with E-state index in [-0.39, 0.29) is 0 Å². The fourth-order valence-electron chi connectivity index (χ4n) is 2.96. The number of aromatic nitrogens is 2. The zero-order valence-electron chi connectivity index (χ0n) is 15.6. The molecule has 0 amide bonds. The lowest BCUT2D eigenvalue weighted by Gasteiger charge is -2.32. The third-order valence-corrected chi connectivity index (χ3v) is 4.33. The molecular weight excluding hydrogens is 342 g/mol. The van der Waals surface area contributed by atoms with Gasteiger partial charge in [0.25, 0.3) is 0 Å². The van der Waals surface area contributed by atoms with Gasteiger partial charge in [-0.3, -0.25) is 9.98 Å². The highest BCUT2D eigenvalue weighted by molar-refractivity contribution is 6.02. The molecule has 7 nitrogen and oxygen atoms in total. The van der Waals surface area contributed by atoms with Crippen molar-refractivity contribution in [1.82, 2.24) is 9.97 Å². The lowest BCUT2D eigenvalue weighted by atomic mass is 10.0. The molecule has 0 spiro atoms. The summed E-state index contributed by atoms with van der Waals surface area (Å²) in [6, 6.07) is 7.66. The second-order valence-electron chi connectivity index (χ2n) is 6.01. The molecule has 0 unspecified atom stereocenters. The van der Waals surface area contributed by atoms with Gasteiger partial charge in [-0.05, 0) is 12.8 Å². The van der Waals surface area contributed by atoms with E-state index in [1.165, 1.54) is 0 Å². The summed E-state index contributed by atoms with van der Waals surface area (Å²) in [4.78, 5) is 19.4. The minimum atomic E-state index is 0.456. The summed E-state index contributed by atoms with van der Waals surface area (Å²) in [6.45, 7) is 5.57. The van der Waals surface area contributed by atoms with E-state index in [4.69, 9.17) is 14.5 Å². The second kappa shape index (κ2) is 8.93. The molecule has 2 aromatic rings. The van der Waals surface area contributed by atoms with Crippen molar-refractivity contribution in [3.8, 4) is 11.5 Å². The monoisotopic (exact) mass is 365 g/mol. The summed E-state index contributed by atoms with van der Waals surface area (Å²) in [6.07, 6.45) is 6.02. The average molecular weight is 365 g/mol. The number of ether oxygens (including phenoxy) is 2. The van der Waals surface area contributed by atoms with Gasteiger partial charge in [-0.2, -0.15) is 0 Å². The lowest BCUT2D eigenvalue weighted by molar-refractivity contribution is 0.394. The number of aliphatic imine (C=N–C) groups is 2. The molecule has 0 N–H and O–H groups in total. The maximum Gasteiger partial charge on any atom is 0.149 e. The molecule has 1 aromatic heterocycles. The molecule has 27 heavy (non-hydrogen) atoms. The molecule has 7 heteroatoms. The number of methoxy groups -OCH3 is 2. The van der Waals surface area contributed by atoms with Crippen LogP contribution in [0.3, 0.4) is 0 Å². The van der Waals surface area contributed by atoms with E-state index in [0.29, 0.717) is 18.9 Å². The summed E-state index contributed by atoms with van der Waals surface area (Å²) in [5.74, 6) is 2.23. The van der Waals surface area contributed by atoms with Crippen molar-refractivity contribution in [2.45, 2.75) is 13.0 Å². The predicted octanol–water partition coefficient (Wildman–Crippen LogP) is 2.93. The van der Waals surface area contributed by atoms with E-state index in [2.05, 4.69) is 26.6 Å². The van der Waals surface area contributed by atoms with Crippen LogP contribution < -0.4 is 14.4 Å². The zero-order chi connectivity index (χ0) is 19.1. The van der Waals surface area contributed by atoms with Crippen LogP contribution in [-0.2, 0) is 6.54 Å². The molecule has 1 aromatic carbocycles. The minimum Gasteiger partial charge on any atom is -0.497 e. The number of benzene rings is 1. The van der Waals surface area contributed by atoms with Crippen LogP contribution >= 0.6 is 0 Å². The summed E-state index contributed by atoms with van der Waals surface area (Å²) >= 11 is 0. The van der Waals surface area contributed by atoms with Gasteiger partial charge in [0.05, 0.1) is 20.8 Å². The number of rotatable bonds is 6. The minimum absolute atomic E-state index is 0.456. The number of hydrogen-bond donors (Lipinski definition) is 0. The molecule has 0 bridgehead atoms. The molecule has 0 radical (unpaired) electrons. The largest absolute Gasteiger partial charge is 0.497 e. The molecule has 1 aliphatic rings. The van der Waals surface area contributed by atoms with Gasteiger partial charge in [-0.1, -0.05) is 0 Å². The molecule has 0 atom stereocenters. The second-order valence-corrected chi connectivity index (χ2v) is 6.01. The molecule has 3 rings (SSSR count). The van der Waals surface area contributed by atoms with Crippen LogP contribution in [-0.4, -0.2) is 49.7 Å². The summed E-state index contributed by atoms with van der Waals surface area (Å²) < 4.78 is 10.8. The zero-order valence-corrected chi connectivity index (χ0v) is 15.6. The summed E-state index contributed by atoms with van der Waals surface area (Å²) in [5, 5.41) is 0. The first-order chi connectivity index (χ1) is 13.2. The SMILES string of the molecule is C=N/C=C1/CN(c2cc(OC)cc(OC)c2)CC/C1=N/Cc1ncccn1. The van der Waals surface area contributed by atoms with Crippen molar-refractivity contribution < 1.29 is 9.47 Å². The molecule has 1 saturated heterocycles. The maximum atomic E-state index is 5.38. The van der Waals surface area contributed by atoms with Crippen molar-refractivity contribution >= 4 is 18.1 Å². The normalized spacial score (nSPS) is 17.2. The number of piperidine rings is 1. The first kappa shape index (κ1) is 18.6. The van der Waals surface area contributed by atoms with Gasteiger partial charge >= 0.3 is 0 Å². The molecule has 0 aliphatic carbocycles. The Kier molecular flexibility index (Phi) is 6.14. The topological polar surface area (TPSA) is 72.2 Å². The molecule has 2 heterocycles. The van der Waals surface area contributed by atoms with Crippen LogP contribution in [0.5, 0.6) is 11.5 Å². The fraction of sp³-hybridized carbons (Fsp3) is 0.300. The Hall–Kier alpha value is -3.22. The third-order valence-electron chi connectivity index (χ3n) is 4.33. The Morgan fingerprint density at radius 3 is 2.48 bits per heavy atom. The summed E-state index contributed by atoms with van der Waals surface area (Å²) in [5.41, 5.74) is 3.08. The highest BCUT2D eigenvalue weighted by Gasteiger charge is 2.21. The van der Waals surface area contributed by atoms with Crippen molar-refractivity contribution in [1.29, 1.82) is 0 Å². The number of hydrogen-bond acceptors (Lipinski definition) is 7. The Morgan fingerprint density at radius 2 is 1.85 bits per heavy atom. The fourth-order valence-corrected chi connectivity index (χ4v) is 2.96. The highest BCUT2D eigenvalue weighted by atomic mass is 16.5. The lowest BCUT2D eigenvalue weighted by Crippen LogP contribution is -2.36. The standard InChI is InChI=1S/C20H23N5O2/c1-21-12-15-14-25(16-9-17(26-2)11-18(10-16)27-3)8-5-19(15)24-13-20-22-6-4-7-23-20/h4,6-7,9-12H,1,5,8,13-14H2,2-3H3/b15-12-,24-19-. The van der Waals surface area contributed by atoms with E-state index in [0.717, 1.165) is 41.4 Å². The van der Waals surface area contributed by atoms with Crippen LogP contribution in [0.15, 0.2) is 58.4 Å². The van der Waals surface area contributed by atoms with Crippen LogP contribution in [0.25, 0.3) is 0 Å². The van der Waals surface area contributed by atoms with E-state index in [9.17, 15) is 0 Å². The first-order valence-corrected chi connectivity index (χ1v) is 8.66. The van der Waals surface area contributed by atoms with E-state index in [1.54, 1.807) is 38.9 Å². The Labute approximate surface area is 159 Å². The Balaban J connectivity index is 1.80. The van der Waals surface area contributed by atoms with Gasteiger partial charge in [-0.15, -0.1) is 0 Å². The molecule has 1 fully saturated rings. The number of nitrogens with zero attached hydrogens (tertiary/aromatic N) is 5. The quantitative estimate of drug-likeness (QED) is 0.736. The van der Waals surface area contributed by atoms with Crippen molar-refractivity contribution in [2.75, 3.05) is 32.2 Å². The smallest absolute Gasteiger partial charge is 0.149 e. The van der Waals surface area contributed by atoms with Gasteiger partial charge in [0, 0.05) is 73.3 Å². The maximum absolute atomic E-state index is 5.38. The Morgan fingerprint density at radius 1 is 1.15 bits per heavy atom. The van der Waals surface area contributed by atoms with E-state index >= 15 is 0 Å². The van der Waals surface area contributed by atoms with E-state index < -0.39 is 0 Å². The van der Waals surface area contributed by atoms with Gasteiger partial charge in [0.1, 0.15) is 17.3 Å². The number of anilines is 1. The van der Waals surface area contributed by atoms with Crippen molar-refractivity contribution in [3.63, 3.8) is 0 Å². The van der Waals surface area contributed by atoms with Gasteiger partial charge in [-0.25, -0.2) is 9.97 Å². The van der Waals surface area contributed by atoms with Crippen molar-refractivity contribution in [2.24, 2.45) is 9.98 Å². The predicted molar refractivity (Wildman–Crippen MR) is 107 cm³/mol. The van der Waals surface area contributed by atoms with Gasteiger partial charge < -0.3 is 14.4 Å². The van der Waals surface area contributed by atoms with Gasteiger partial charge in [0.15, 0.2) is 0 Å². The van der Waals surface area contributed by atoms with Crippen LogP contribution in [0, 0.1) is 0 Å².